The topological polar surface area (TPSA) is 96.2 Å². The van der Waals surface area contributed by atoms with Crippen molar-refractivity contribution in [3.8, 4) is 0 Å². The number of carboxylic acid groups (broad SMARTS) is 1. The number of para-hydroxylation sites is 1. The first-order valence-electron chi connectivity index (χ1n) is 7.42. The first-order valence-corrected chi connectivity index (χ1v) is 7.42. The number of carboxylic acids is 1. The zero-order chi connectivity index (χ0) is 16.4. The molecule has 7 nitrogen and oxygen atoms in total. The second-order valence-electron chi connectivity index (χ2n) is 5.68. The molecule has 0 unspecified atom stereocenters. The van der Waals surface area contributed by atoms with Gasteiger partial charge in [-0.25, -0.2) is 4.79 Å². The zero-order valence-corrected chi connectivity index (χ0v) is 12.7. The predicted molar refractivity (Wildman–Crippen MR) is 84.5 cm³/mol. The van der Waals surface area contributed by atoms with Gasteiger partial charge in [-0.15, -0.1) is 0 Å². The third kappa shape index (κ3) is 3.18. The Labute approximate surface area is 133 Å². The smallest absolute Gasteiger partial charge is 0.339 e. The minimum Gasteiger partial charge on any atom is -0.478 e. The summed E-state index contributed by atoms with van der Waals surface area (Å²) in [5.74, 6) is -1.55. The molecule has 0 aliphatic heterocycles. The Bertz CT molecular complexity index is 720. The van der Waals surface area contributed by atoms with Crippen LogP contribution in [-0.4, -0.2) is 38.8 Å². The Hall–Kier alpha value is -2.83. The van der Waals surface area contributed by atoms with E-state index in [9.17, 15) is 9.59 Å². The summed E-state index contributed by atoms with van der Waals surface area (Å²) >= 11 is 0. The van der Waals surface area contributed by atoms with Crippen LogP contribution in [0, 0.1) is 0 Å². The van der Waals surface area contributed by atoms with Crippen LogP contribution in [0.25, 0.3) is 0 Å². The van der Waals surface area contributed by atoms with Gasteiger partial charge in [-0.05, 0) is 25.0 Å². The molecule has 3 N–H and O–H groups in total. The maximum Gasteiger partial charge on any atom is 0.339 e. The van der Waals surface area contributed by atoms with Gasteiger partial charge in [-0.2, -0.15) is 5.10 Å². The molecule has 2 aromatic rings. The second kappa shape index (κ2) is 6.12. The van der Waals surface area contributed by atoms with Crippen LogP contribution < -0.4 is 10.6 Å². The lowest BCUT2D eigenvalue weighted by atomic mass is 9.86. The number of benzene rings is 1. The largest absolute Gasteiger partial charge is 0.478 e. The third-order valence-corrected chi connectivity index (χ3v) is 4.00. The molecule has 1 aliphatic rings. The molecule has 0 bridgehead atoms. The van der Waals surface area contributed by atoms with Crippen molar-refractivity contribution < 1.29 is 14.7 Å². The average Bonchev–Trinajstić information content (AvgIpc) is 2.88. The van der Waals surface area contributed by atoms with E-state index in [4.69, 9.17) is 5.11 Å². The van der Waals surface area contributed by atoms with Gasteiger partial charge in [0.25, 0.3) is 5.91 Å². The quantitative estimate of drug-likeness (QED) is 0.777. The SMILES string of the molecule is Cn1ncc(C(=O)O)c1C(=O)NC1CC(Nc2ccccc2)C1. The van der Waals surface area contributed by atoms with Gasteiger partial charge in [-0.3, -0.25) is 9.48 Å². The van der Waals surface area contributed by atoms with E-state index in [1.807, 2.05) is 30.3 Å². The van der Waals surface area contributed by atoms with Gasteiger partial charge in [0.15, 0.2) is 0 Å². The normalized spacial score (nSPS) is 19.7. The van der Waals surface area contributed by atoms with Gasteiger partial charge < -0.3 is 15.7 Å². The van der Waals surface area contributed by atoms with Crippen molar-refractivity contribution in [1.82, 2.24) is 15.1 Å². The molecule has 1 aliphatic carbocycles. The number of hydrogen-bond donors (Lipinski definition) is 3. The molecule has 0 atom stereocenters. The van der Waals surface area contributed by atoms with Crippen molar-refractivity contribution in [3.05, 3.63) is 47.8 Å². The number of carbonyl (C=O) groups excluding carboxylic acids is 1. The van der Waals surface area contributed by atoms with Crippen molar-refractivity contribution in [1.29, 1.82) is 0 Å². The summed E-state index contributed by atoms with van der Waals surface area (Å²) in [6.45, 7) is 0. The molecule has 0 spiro atoms. The number of hydrogen-bond acceptors (Lipinski definition) is 4. The Morgan fingerprint density at radius 3 is 2.57 bits per heavy atom. The molecule has 3 rings (SSSR count). The Morgan fingerprint density at radius 1 is 1.22 bits per heavy atom. The minimum absolute atomic E-state index is 0.0419. The van der Waals surface area contributed by atoms with Crippen molar-refractivity contribution >= 4 is 17.6 Å². The van der Waals surface area contributed by atoms with Gasteiger partial charge in [0, 0.05) is 24.8 Å². The van der Waals surface area contributed by atoms with Crippen LogP contribution in [0.15, 0.2) is 36.5 Å². The van der Waals surface area contributed by atoms with Gasteiger partial charge >= 0.3 is 5.97 Å². The van der Waals surface area contributed by atoms with E-state index in [0.717, 1.165) is 18.5 Å². The molecule has 23 heavy (non-hydrogen) atoms. The van der Waals surface area contributed by atoms with Crippen LogP contribution in [0.3, 0.4) is 0 Å². The molecule has 1 aromatic carbocycles. The molecular formula is C16H18N4O3. The van der Waals surface area contributed by atoms with Crippen LogP contribution in [0.4, 0.5) is 5.69 Å². The standard InChI is InChI=1S/C16H18N4O3/c1-20-14(13(9-17-20)16(22)23)15(21)19-12-7-11(8-12)18-10-5-3-2-4-6-10/h2-6,9,11-12,18H,7-8H2,1H3,(H,19,21)(H,22,23). The number of amides is 1. The molecule has 1 saturated carbocycles. The van der Waals surface area contributed by atoms with E-state index < -0.39 is 11.9 Å². The van der Waals surface area contributed by atoms with E-state index >= 15 is 0 Å². The molecule has 1 heterocycles. The minimum atomic E-state index is -1.15. The fourth-order valence-corrected chi connectivity index (χ4v) is 2.74. The number of nitrogens with zero attached hydrogens (tertiary/aromatic N) is 2. The summed E-state index contributed by atoms with van der Waals surface area (Å²) in [5.41, 5.74) is 1.06. The van der Waals surface area contributed by atoms with Crippen LogP contribution in [0.2, 0.25) is 0 Å². The predicted octanol–water partition coefficient (Wildman–Crippen LogP) is 1.49. The monoisotopic (exact) mass is 314 g/mol. The number of rotatable bonds is 5. The number of nitrogens with one attached hydrogen (secondary N) is 2. The van der Waals surface area contributed by atoms with E-state index in [2.05, 4.69) is 15.7 Å². The average molecular weight is 314 g/mol. The molecule has 1 fully saturated rings. The summed E-state index contributed by atoms with van der Waals surface area (Å²) in [6, 6.07) is 10.3. The second-order valence-corrected chi connectivity index (χ2v) is 5.68. The zero-order valence-electron chi connectivity index (χ0n) is 12.7. The lowest BCUT2D eigenvalue weighted by Crippen LogP contribution is -2.50. The van der Waals surface area contributed by atoms with Crippen LogP contribution in [0.5, 0.6) is 0 Å². The third-order valence-electron chi connectivity index (χ3n) is 4.00. The van der Waals surface area contributed by atoms with Crippen molar-refractivity contribution in [3.63, 3.8) is 0 Å². The van der Waals surface area contributed by atoms with Gasteiger partial charge in [0.2, 0.25) is 0 Å². The Balaban J connectivity index is 1.55. The summed E-state index contributed by atoms with van der Waals surface area (Å²) in [5, 5.41) is 19.2. The highest BCUT2D eigenvalue weighted by atomic mass is 16.4. The van der Waals surface area contributed by atoms with Gasteiger partial charge in [0.05, 0.1) is 6.20 Å². The maximum absolute atomic E-state index is 12.3. The van der Waals surface area contributed by atoms with Crippen molar-refractivity contribution in [2.24, 2.45) is 7.05 Å². The van der Waals surface area contributed by atoms with E-state index in [0.29, 0.717) is 6.04 Å². The van der Waals surface area contributed by atoms with Crippen molar-refractivity contribution in [2.45, 2.75) is 24.9 Å². The fraction of sp³-hybridized carbons (Fsp3) is 0.312. The van der Waals surface area contributed by atoms with Crippen LogP contribution in [-0.2, 0) is 7.05 Å². The highest BCUT2D eigenvalue weighted by Crippen LogP contribution is 2.24. The molecule has 120 valence electrons. The molecule has 0 radical (unpaired) electrons. The van der Waals surface area contributed by atoms with Crippen LogP contribution >= 0.6 is 0 Å². The molecule has 0 saturated heterocycles. The highest BCUT2D eigenvalue weighted by Gasteiger charge is 2.32. The lowest BCUT2D eigenvalue weighted by Gasteiger charge is -2.36. The van der Waals surface area contributed by atoms with Crippen LogP contribution in [0.1, 0.15) is 33.7 Å². The van der Waals surface area contributed by atoms with E-state index in [1.54, 1.807) is 7.05 Å². The first kappa shape index (κ1) is 15.1. The molecule has 7 heteroatoms. The Morgan fingerprint density at radius 2 is 1.91 bits per heavy atom. The maximum atomic E-state index is 12.3. The Kier molecular flexibility index (Phi) is 4.01. The fourth-order valence-electron chi connectivity index (χ4n) is 2.74. The summed E-state index contributed by atoms with van der Waals surface area (Å²) < 4.78 is 1.29. The number of anilines is 1. The molecular weight excluding hydrogens is 296 g/mol. The number of aromatic carboxylic acids is 1. The van der Waals surface area contributed by atoms with E-state index in [-0.39, 0.29) is 17.3 Å². The molecule has 1 amide bonds. The summed E-state index contributed by atoms with van der Waals surface area (Å²) in [7, 11) is 1.56. The van der Waals surface area contributed by atoms with E-state index in [1.165, 1.54) is 10.9 Å². The first-order chi connectivity index (χ1) is 11.0. The lowest BCUT2D eigenvalue weighted by molar-refractivity contribution is 0.0689. The highest BCUT2D eigenvalue weighted by molar-refractivity contribution is 6.03. The van der Waals surface area contributed by atoms with Crippen molar-refractivity contribution in [2.75, 3.05) is 5.32 Å². The van der Waals surface area contributed by atoms with Gasteiger partial charge in [0.1, 0.15) is 11.3 Å². The molecule has 1 aromatic heterocycles. The summed E-state index contributed by atoms with van der Waals surface area (Å²) in [6.07, 6.45) is 2.81. The number of carbonyl (C=O) groups is 2. The van der Waals surface area contributed by atoms with Gasteiger partial charge in [-0.1, -0.05) is 18.2 Å². The number of aryl methyl sites for hydroxylation is 1. The number of aromatic nitrogens is 2. The summed E-state index contributed by atoms with van der Waals surface area (Å²) in [4.78, 5) is 23.4.